The number of ether oxygens (including phenoxy) is 4. The molecule has 0 aromatic heterocycles. The molecule has 10 rings (SSSR count). The van der Waals surface area contributed by atoms with Gasteiger partial charge in [-0.25, -0.2) is 13.6 Å². The van der Waals surface area contributed by atoms with Crippen LogP contribution in [0.15, 0.2) is 126 Å². The van der Waals surface area contributed by atoms with E-state index in [-0.39, 0.29) is 60.9 Å². The first-order valence-electron chi connectivity index (χ1n) is 26.2. The van der Waals surface area contributed by atoms with Crippen molar-refractivity contribution >= 4 is 91.4 Å². The van der Waals surface area contributed by atoms with Crippen molar-refractivity contribution in [3.05, 3.63) is 158 Å². The van der Waals surface area contributed by atoms with Crippen LogP contribution < -0.4 is 35.0 Å². The van der Waals surface area contributed by atoms with Crippen LogP contribution in [0.3, 0.4) is 0 Å². The van der Waals surface area contributed by atoms with Crippen LogP contribution in [0.4, 0.5) is 11.4 Å². The first kappa shape index (κ1) is 58.4. The second-order valence-electron chi connectivity index (χ2n) is 20.5. The summed E-state index contributed by atoms with van der Waals surface area (Å²) in [7, 11) is -3.95. The van der Waals surface area contributed by atoms with Gasteiger partial charge >= 0.3 is 0 Å². The number of rotatable bonds is 16. The van der Waals surface area contributed by atoms with Crippen molar-refractivity contribution in [2.24, 2.45) is 5.14 Å². The van der Waals surface area contributed by atoms with Crippen molar-refractivity contribution in [2.45, 2.75) is 41.9 Å². The summed E-state index contributed by atoms with van der Waals surface area (Å²) < 4.78 is 47.6. The molecule has 23 heteroatoms. The van der Waals surface area contributed by atoms with E-state index in [1.165, 1.54) is 50.2 Å². The van der Waals surface area contributed by atoms with Gasteiger partial charge in [0.2, 0.25) is 21.8 Å². The average Bonchev–Trinajstić information content (AvgIpc) is 3.48. The number of nitrogens with one attached hydrogen (secondary N) is 2. The molecular formula is C59H56Cl4N8O10S. The highest BCUT2D eigenvalue weighted by Gasteiger charge is 2.66. The molecule has 4 amide bonds. The molecule has 426 valence electrons. The van der Waals surface area contributed by atoms with E-state index < -0.39 is 70.0 Å². The maximum atomic E-state index is 16.8. The van der Waals surface area contributed by atoms with E-state index in [1.807, 2.05) is 54.6 Å². The van der Waals surface area contributed by atoms with Gasteiger partial charge in [-0.2, -0.15) is 5.26 Å². The zero-order chi connectivity index (χ0) is 58.1. The van der Waals surface area contributed by atoms with E-state index in [4.69, 9.17) is 70.5 Å². The fourth-order valence-corrected chi connectivity index (χ4v) is 12.1. The number of nitrogens with two attached hydrogens (primary N) is 1. The number of nitrogens with zero attached hydrogens (tertiary/aromatic N) is 5. The fraction of sp³-hybridized carbons (Fsp3) is 0.305. The maximum absolute atomic E-state index is 16.8. The summed E-state index contributed by atoms with van der Waals surface area (Å²) in [5.41, 5.74) is -0.480. The number of hydrogen-bond donors (Lipinski definition) is 3. The Bertz CT molecular complexity index is 3620. The molecule has 4 heterocycles. The van der Waals surface area contributed by atoms with E-state index in [0.29, 0.717) is 74.9 Å². The molecule has 0 spiro atoms. The minimum Gasteiger partial charge on any atom is -0.482 e. The largest absolute Gasteiger partial charge is 0.482 e. The second kappa shape index (κ2) is 24.2. The van der Waals surface area contributed by atoms with Gasteiger partial charge in [-0.05, 0) is 89.7 Å². The van der Waals surface area contributed by atoms with E-state index >= 15 is 19.2 Å². The SMILES string of the molecule is CC(C(=O)NC(CN1CCOCC1)c1ccc(-c2ccc(S(N)(=O)=O)cc2)cc1)(N1C(=O)COc2cc(Cl)c(Cl)cc21)C(C)(C(=O)NC(CN1CCOCC1)c1cccc(-c2cccc(C#N)c2)c1)N1C(=O)COc2cc(Cl)c(Cl)cc21. The van der Waals surface area contributed by atoms with Gasteiger partial charge in [0, 0.05) is 51.4 Å². The van der Waals surface area contributed by atoms with Gasteiger partial charge in [0.15, 0.2) is 24.3 Å². The lowest BCUT2D eigenvalue weighted by molar-refractivity contribution is -0.143. The number of carbonyl (C=O) groups excluding carboxylic acids is 4. The summed E-state index contributed by atoms with van der Waals surface area (Å²) in [5, 5.41) is 21.9. The number of halogens is 4. The Labute approximate surface area is 494 Å². The number of carbonyl (C=O) groups is 4. The second-order valence-corrected chi connectivity index (χ2v) is 23.7. The standard InChI is InChI=1S/C59H56Cl4N8O10S/c1-58(70-50-27-44(60)46(62)29-52(50)80-34-54(70)72,56(74)66-48(32-68-17-21-78-22-18-68)39-11-9-37(10-12-39)38-13-15-43(16-14-38)82(65,76)77)59(2,71-51-28-45(61)47(63)30-53(51)81-35-55(71)73)57(75)67-49(33-69-19-23-79-24-20-69)42-8-4-7-41(26-42)40-6-3-5-36(25-40)31-64/h3-16,25-30,48-49H,17-24,32-35H2,1-2H3,(H,66,74)(H,67,75)(H2,65,76,77). The van der Waals surface area contributed by atoms with Crippen molar-refractivity contribution in [3.8, 4) is 39.8 Å². The third-order valence-electron chi connectivity index (χ3n) is 15.6. The van der Waals surface area contributed by atoms with Crippen LogP contribution in [0.5, 0.6) is 11.5 Å². The average molecular weight is 1210 g/mol. The number of benzene rings is 6. The molecule has 82 heavy (non-hydrogen) atoms. The van der Waals surface area contributed by atoms with E-state index in [2.05, 4.69) is 26.5 Å². The first-order chi connectivity index (χ1) is 39.3. The van der Waals surface area contributed by atoms with Crippen molar-refractivity contribution in [1.29, 1.82) is 5.26 Å². The topological polar surface area (TPSA) is 226 Å². The molecule has 4 unspecified atom stereocenters. The molecular weight excluding hydrogens is 1150 g/mol. The molecule has 4 N–H and O–H groups in total. The Morgan fingerprint density at radius 1 is 0.598 bits per heavy atom. The van der Waals surface area contributed by atoms with Crippen LogP contribution in [0.25, 0.3) is 22.3 Å². The van der Waals surface area contributed by atoms with Crippen LogP contribution in [0, 0.1) is 11.3 Å². The van der Waals surface area contributed by atoms with Gasteiger partial charge in [-0.1, -0.05) is 113 Å². The van der Waals surface area contributed by atoms with Crippen LogP contribution in [-0.2, 0) is 38.7 Å². The number of morpholine rings is 2. The number of sulfonamides is 1. The molecule has 2 saturated heterocycles. The number of fused-ring (bicyclic) bond motifs is 2. The third kappa shape index (κ3) is 11.8. The Balaban J connectivity index is 1.17. The quantitative estimate of drug-likeness (QED) is 0.0832. The lowest BCUT2D eigenvalue weighted by Crippen LogP contribution is -2.81. The number of anilines is 2. The van der Waals surface area contributed by atoms with Gasteiger partial charge in [0.1, 0.15) is 11.5 Å². The third-order valence-corrected chi connectivity index (χ3v) is 17.9. The van der Waals surface area contributed by atoms with Gasteiger partial charge < -0.3 is 29.6 Å². The van der Waals surface area contributed by atoms with Crippen molar-refractivity contribution in [2.75, 3.05) is 88.7 Å². The predicted molar refractivity (Wildman–Crippen MR) is 312 cm³/mol. The number of nitriles is 1. The van der Waals surface area contributed by atoms with Crippen molar-refractivity contribution < 1.29 is 46.5 Å². The number of amides is 4. The van der Waals surface area contributed by atoms with E-state index in [0.717, 1.165) is 26.5 Å². The zero-order valence-electron chi connectivity index (χ0n) is 44.5. The lowest BCUT2D eigenvalue weighted by Gasteiger charge is -2.56. The van der Waals surface area contributed by atoms with Gasteiger partial charge in [0.05, 0.1) is 86.5 Å². The normalized spacial score (nSPS) is 18.1. The maximum Gasteiger partial charge on any atom is 0.266 e. The number of primary sulfonamides is 1. The van der Waals surface area contributed by atoms with Crippen LogP contribution in [-0.4, -0.2) is 132 Å². The van der Waals surface area contributed by atoms with Gasteiger partial charge in [-0.3, -0.25) is 38.8 Å². The van der Waals surface area contributed by atoms with Crippen LogP contribution in [0.1, 0.15) is 42.6 Å². The van der Waals surface area contributed by atoms with Crippen molar-refractivity contribution in [1.82, 2.24) is 20.4 Å². The molecule has 0 aliphatic carbocycles. The molecule has 6 aromatic carbocycles. The summed E-state index contributed by atoms with van der Waals surface area (Å²) in [6.07, 6.45) is 0. The summed E-state index contributed by atoms with van der Waals surface area (Å²) in [4.78, 5) is 70.7. The smallest absolute Gasteiger partial charge is 0.266 e. The summed E-state index contributed by atoms with van der Waals surface area (Å²) in [5.74, 6) is -3.21. The molecule has 4 aliphatic heterocycles. The predicted octanol–water partition coefficient (Wildman–Crippen LogP) is 8.20. The molecule has 4 atom stereocenters. The van der Waals surface area contributed by atoms with Gasteiger partial charge in [0.25, 0.3) is 11.8 Å². The molecule has 2 fully saturated rings. The van der Waals surface area contributed by atoms with Gasteiger partial charge in [-0.15, -0.1) is 0 Å². The summed E-state index contributed by atoms with van der Waals surface area (Å²) >= 11 is 26.9. The highest BCUT2D eigenvalue weighted by atomic mass is 35.5. The number of hydrogen-bond acceptors (Lipinski definition) is 13. The molecule has 0 saturated carbocycles. The lowest BCUT2D eigenvalue weighted by atomic mass is 9.72. The minimum absolute atomic E-state index is 0.0105. The Morgan fingerprint density at radius 2 is 1.02 bits per heavy atom. The molecule has 4 aliphatic rings. The minimum atomic E-state index is -3.95. The molecule has 0 radical (unpaired) electrons. The fourth-order valence-electron chi connectivity index (χ4n) is 11.0. The Hall–Kier alpha value is -6.80. The zero-order valence-corrected chi connectivity index (χ0v) is 48.3. The van der Waals surface area contributed by atoms with E-state index in [1.54, 1.807) is 30.3 Å². The highest BCUT2D eigenvalue weighted by molar-refractivity contribution is 7.89. The molecule has 6 aromatic rings. The first-order valence-corrected chi connectivity index (χ1v) is 29.3. The van der Waals surface area contributed by atoms with E-state index in [9.17, 15) is 13.7 Å². The molecule has 18 nitrogen and oxygen atoms in total. The monoisotopic (exact) mass is 1210 g/mol. The molecule has 0 bridgehead atoms. The van der Waals surface area contributed by atoms with Crippen LogP contribution in [0.2, 0.25) is 20.1 Å². The summed E-state index contributed by atoms with van der Waals surface area (Å²) in [6.45, 7) is 5.77. The summed E-state index contributed by atoms with van der Waals surface area (Å²) in [6, 6.07) is 34.1. The van der Waals surface area contributed by atoms with Crippen LogP contribution >= 0.6 is 46.4 Å². The van der Waals surface area contributed by atoms with Crippen molar-refractivity contribution in [3.63, 3.8) is 0 Å². The Kier molecular flexibility index (Phi) is 17.2. The highest BCUT2D eigenvalue weighted by Crippen LogP contribution is 2.50. The Morgan fingerprint density at radius 3 is 1.49 bits per heavy atom.